The van der Waals surface area contributed by atoms with E-state index in [-0.39, 0.29) is 5.41 Å². The fraction of sp³-hybridized carbons (Fsp3) is 0.368. The van der Waals surface area contributed by atoms with Crippen LogP contribution < -0.4 is 5.32 Å². The molecule has 0 atom stereocenters. The SMILES string of the molecule is Cc1cc(-c2cccnc2)c(C2=NCCN2)c2nc(C(C)(C)C)nn12. The number of pyridine rings is 2. The van der Waals surface area contributed by atoms with E-state index >= 15 is 0 Å². The number of aryl methyl sites for hydroxylation is 1. The van der Waals surface area contributed by atoms with Crippen molar-refractivity contribution in [1.82, 2.24) is 24.9 Å². The van der Waals surface area contributed by atoms with E-state index in [1.807, 2.05) is 16.8 Å². The molecule has 4 heterocycles. The molecule has 3 aromatic heterocycles. The summed E-state index contributed by atoms with van der Waals surface area (Å²) in [7, 11) is 0. The molecule has 0 unspecified atom stereocenters. The zero-order chi connectivity index (χ0) is 17.6. The molecule has 0 aromatic carbocycles. The Hall–Kier alpha value is -2.76. The van der Waals surface area contributed by atoms with E-state index in [1.54, 1.807) is 6.20 Å². The van der Waals surface area contributed by atoms with Crippen molar-refractivity contribution in [1.29, 1.82) is 0 Å². The number of aromatic nitrogens is 4. The summed E-state index contributed by atoms with van der Waals surface area (Å²) in [5.74, 6) is 1.72. The van der Waals surface area contributed by atoms with Crippen molar-refractivity contribution in [2.45, 2.75) is 33.1 Å². The molecule has 0 saturated heterocycles. The molecule has 0 aliphatic carbocycles. The maximum Gasteiger partial charge on any atom is 0.167 e. The van der Waals surface area contributed by atoms with Gasteiger partial charge in [0, 0.05) is 35.6 Å². The van der Waals surface area contributed by atoms with Crippen molar-refractivity contribution < 1.29 is 0 Å². The number of amidine groups is 1. The van der Waals surface area contributed by atoms with Crippen LogP contribution in [0.3, 0.4) is 0 Å². The molecule has 6 nitrogen and oxygen atoms in total. The molecular formula is C19H22N6. The monoisotopic (exact) mass is 334 g/mol. The summed E-state index contributed by atoms with van der Waals surface area (Å²) >= 11 is 0. The number of hydrogen-bond donors (Lipinski definition) is 1. The first-order chi connectivity index (χ1) is 11.9. The van der Waals surface area contributed by atoms with Gasteiger partial charge in [-0.15, -0.1) is 0 Å². The van der Waals surface area contributed by atoms with Crippen LogP contribution in [0.1, 0.15) is 37.9 Å². The summed E-state index contributed by atoms with van der Waals surface area (Å²) in [6.45, 7) is 10.1. The molecule has 0 spiro atoms. The molecular weight excluding hydrogens is 312 g/mol. The second kappa shape index (κ2) is 5.65. The van der Waals surface area contributed by atoms with Gasteiger partial charge in [-0.2, -0.15) is 5.10 Å². The lowest BCUT2D eigenvalue weighted by atomic mass is 9.96. The summed E-state index contributed by atoms with van der Waals surface area (Å²) in [5, 5.41) is 8.15. The highest BCUT2D eigenvalue weighted by Gasteiger charge is 2.25. The fourth-order valence-electron chi connectivity index (χ4n) is 3.05. The van der Waals surface area contributed by atoms with Crippen molar-refractivity contribution in [3.63, 3.8) is 0 Å². The zero-order valence-electron chi connectivity index (χ0n) is 15.0. The Morgan fingerprint density at radius 3 is 2.72 bits per heavy atom. The first-order valence-electron chi connectivity index (χ1n) is 8.55. The van der Waals surface area contributed by atoms with Crippen molar-refractivity contribution in [2.75, 3.05) is 13.1 Å². The van der Waals surface area contributed by atoms with Crippen LogP contribution in [0.5, 0.6) is 0 Å². The predicted octanol–water partition coefficient (Wildman–Crippen LogP) is 2.75. The maximum absolute atomic E-state index is 4.89. The zero-order valence-corrected chi connectivity index (χ0v) is 15.0. The van der Waals surface area contributed by atoms with Crippen molar-refractivity contribution in [2.24, 2.45) is 4.99 Å². The average molecular weight is 334 g/mol. The van der Waals surface area contributed by atoms with Gasteiger partial charge in [0.05, 0.1) is 12.1 Å². The third-order valence-corrected chi connectivity index (χ3v) is 4.34. The first-order valence-corrected chi connectivity index (χ1v) is 8.55. The summed E-state index contributed by atoms with van der Waals surface area (Å²) in [4.78, 5) is 13.8. The third-order valence-electron chi connectivity index (χ3n) is 4.34. The van der Waals surface area contributed by atoms with E-state index in [2.05, 4.69) is 55.1 Å². The molecule has 0 saturated carbocycles. The van der Waals surface area contributed by atoms with Crippen LogP contribution in [-0.4, -0.2) is 38.5 Å². The molecule has 25 heavy (non-hydrogen) atoms. The van der Waals surface area contributed by atoms with E-state index in [0.717, 1.165) is 52.8 Å². The van der Waals surface area contributed by atoms with Crippen molar-refractivity contribution >= 4 is 11.5 Å². The lowest BCUT2D eigenvalue weighted by Crippen LogP contribution is -2.21. The van der Waals surface area contributed by atoms with Crippen LogP contribution in [0.2, 0.25) is 0 Å². The van der Waals surface area contributed by atoms with Crippen LogP contribution >= 0.6 is 0 Å². The average Bonchev–Trinajstić information content (AvgIpc) is 3.25. The number of hydrogen-bond acceptors (Lipinski definition) is 5. The standard InChI is InChI=1S/C19H22N6/c1-12-10-14(13-6-5-7-20-11-13)15(16-21-8-9-22-16)17-23-18(19(2,3)4)24-25(12)17/h5-7,10-11H,8-9H2,1-4H3,(H,21,22). The highest BCUT2D eigenvalue weighted by atomic mass is 15.3. The quantitative estimate of drug-likeness (QED) is 0.782. The van der Waals surface area contributed by atoms with E-state index in [9.17, 15) is 0 Å². The Bertz CT molecular complexity index is 963. The minimum Gasteiger partial charge on any atom is -0.368 e. The molecule has 1 aliphatic rings. The minimum atomic E-state index is -0.116. The van der Waals surface area contributed by atoms with E-state index in [0.29, 0.717) is 0 Å². The van der Waals surface area contributed by atoms with Gasteiger partial charge in [0.25, 0.3) is 0 Å². The lowest BCUT2D eigenvalue weighted by molar-refractivity contribution is 0.544. The largest absolute Gasteiger partial charge is 0.368 e. The molecule has 6 heteroatoms. The van der Waals surface area contributed by atoms with Crippen LogP contribution in [-0.2, 0) is 5.41 Å². The molecule has 0 bridgehead atoms. The summed E-state index contributed by atoms with van der Waals surface area (Å²) < 4.78 is 1.93. The van der Waals surface area contributed by atoms with Crippen molar-refractivity contribution in [3.8, 4) is 11.1 Å². The van der Waals surface area contributed by atoms with Gasteiger partial charge in [-0.1, -0.05) is 26.8 Å². The van der Waals surface area contributed by atoms with Gasteiger partial charge >= 0.3 is 0 Å². The Labute approximate surface area is 147 Å². The highest BCUT2D eigenvalue weighted by Crippen LogP contribution is 2.30. The number of aliphatic imine (C=N–C) groups is 1. The van der Waals surface area contributed by atoms with Crippen molar-refractivity contribution in [3.05, 3.63) is 47.7 Å². The summed E-state index contributed by atoms with van der Waals surface area (Å²) in [6, 6.07) is 6.16. The fourth-order valence-corrected chi connectivity index (χ4v) is 3.05. The first kappa shape index (κ1) is 15.7. The van der Waals surface area contributed by atoms with Crippen LogP contribution in [0, 0.1) is 6.92 Å². The third kappa shape index (κ3) is 2.67. The normalized spacial score (nSPS) is 14.6. The van der Waals surface area contributed by atoms with Gasteiger partial charge in [0.15, 0.2) is 11.5 Å². The molecule has 128 valence electrons. The number of nitrogens with zero attached hydrogens (tertiary/aromatic N) is 5. The number of rotatable bonds is 2. The smallest absolute Gasteiger partial charge is 0.167 e. The predicted molar refractivity (Wildman–Crippen MR) is 99.1 cm³/mol. The van der Waals surface area contributed by atoms with Gasteiger partial charge in [-0.25, -0.2) is 9.50 Å². The van der Waals surface area contributed by atoms with Crippen LogP contribution in [0.15, 0.2) is 35.6 Å². The van der Waals surface area contributed by atoms with Gasteiger partial charge in [-0.3, -0.25) is 9.98 Å². The van der Waals surface area contributed by atoms with Crippen LogP contribution in [0.25, 0.3) is 16.8 Å². The second-order valence-corrected chi connectivity index (χ2v) is 7.39. The highest BCUT2D eigenvalue weighted by molar-refractivity contribution is 6.10. The number of nitrogens with one attached hydrogen (secondary N) is 1. The van der Waals surface area contributed by atoms with E-state index in [1.165, 1.54) is 0 Å². The molecule has 0 fully saturated rings. The molecule has 0 radical (unpaired) electrons. The Kier molecular flexibility index (Phi) is 3.56. The number of fused-ring (bicyclic) bond motifs is 1. The molecule has 1 aliphatic heterocycles. The molecule has 1 N–H and O–H groups in total. The van der Waals surface area contributed by atoms with Gasteiger partial charge in [0.1, 0.15) is 5.84 Å². The summed E-state index contributed by atoms with van der Waals surface area (Å²) in [6.07, 6.45) is 3.67. The topological polar surface area (TPSA) is 67.5 Å². The van der Waals surface area contributed by atoms with E-state index in [4.69, 9.17) is 10.1 Å². The van der Waals surface area contributed by atoms with Gasteiger partial charge < -0.3 is 5.32 Å². The minimum absolute atomic E-state index is 0.116. The molecule has 3 aromatic rings. The maximum atomic E-state index is 4.89. The Morgan fingerprint density at radius 1 is 1.24 bits per heavy atom. The summed E-state index contributed by atoms with van der Waals surface area (Å²) in [5.41, 5.74) is 4.91. The van der Waals surface area contributed by atoms with Gasteiger partial charge in [0.2, 0.25) is 0 Å². The molecule has 0 amide bonds. The van der Waals surface area contributed by atoms with Gasteiger partial charge in [-0.05, 0) is 24.6 Å². The lowest BCUT2D eigenvalue weighted by Gasteiger charge is -2.13. The van der Waals surface area contributed by atoms with Crippen LogP contribution in [0.4, 0.5) is 0 Å². The molecule has 4 rings (SSSR count). The Balaban J connectivity index is 2.06. The Morgan fingerprint density at radius 2 is 2.08 bits per heavy atom. The second-order valence-electron chi connectivity index (χ2n) is 7.39. The van der Waals surface area contributed by atoms with E-state index < -0.39 is 0 Å².